The van der Waals surface area contributed by atoms with Crippen LogP contribution in [0.1, 0.15) is 12.8 Å². The van der Waals surface area contributed by atoms with Crippen molar-refractivity contribution in [2.24, 2.45) is 0 Å². The van der Waals surface area contributed by atoms with E-state index in [0.29, 0.717) is 6.42 Å². The van der Waals surface area contributed by atoms with Gasteiger partial charge in [-0.25, -0.2) is 9.59 Å². The van der Waals surface area contributed by atoms with Crippen molar-refractivity contribution in [2.75, 3.05) is 13.2 Å². The molecule has 1 aliphatic rings. The Balaban J connectivity index is 2.32. The molecule has 5 heteroatoms. The van der Waals surface area contributed by atoms with Crippen molar-refractivity contribution in [2.45, 2.75) is 18.9 Å². The van der Waals surface area contributed by atoms with E-state index < -0.39 is 18.5 Å². The molecule has 1 aliphatic heterocycles. The zero-order chi connectivity index (χ0) is 8.97. The molecule has 1 rings (SSSR count). The van der Waals surface area contributed by atoms with Crippen LogP contribution in [0.15, 0.2) is 0 Å². The molecule has 1 fully saturated rings. The van der Waals surface area contributed by atoms with Gasteiger partial charge in [0.2, 0.25) is 0 Å². The Labute approximate surface area is 69.7 Å². The number of hydrogen-bond acceptors (Lipinski definition) is 5. The van der Waals surface area contributed by atoms with E-state index in [9.17, 15) is 9.59 Å². The Kier molecular flexibility index (Phi) is 3.19. The Morgan fingerprint density at radius 2 is 2.33 bits per heavy atom. The van der Waals surface area contributed by atoms with Crippen molar-refractivity contribution >= 4 is 11.9 Å². The highest BCUT2D eigenvalue weighted by atomic mass is 16.6. The lowest BCUT2D eigenvalue weighted by molar-refractivity contribution is -0.162. The van der Waals surface area contributed by atoms with Gasteiger partial charge in [0, 0.05) is 0 Å². The summed E-state index contributed by atoms with van der Waals surface area (Å²) in [5, 5.41) is 11.2. The van der Waals surface area contributed by atoms with E-state index >= 15 is 0 Å². The zero-order valence-electron chi connectivity index (χ0n) is 6.58. The lowest BCUT2D eigenvalue weighted by Gasteiger charge is -2.06. The fraction of sp³-hybridized carbons (Fsp3) is 0.714. The molecule has 0 aromatic carbocycles. The maximum absolute atomic E-state index is 11.0. The molecule has 0 amide bonds. The maximum Gasteiger partial charge on any atom is 0.339 e. The first-order valence-corrected chi connectivity index (χ1v) is 3.83. The minimum absolute atomic E-state index is 0.375. The third-order valence-electron chi connectivity index (χ3n) is 1.69. The van der Waals surface area contributed by atoms with Gasteiger partial charge >= 0.3 is 11.9 Å². The number of hydrogen-bond donors (Lipinski definition) is 2. The summed E-state index contributed by atoms with van der Waals surface area (Å²) in [6.45, 7) is 0.0194. The maximum atomic E-state index is 11.0. The number of ether oxygens (including phenoxy) is 1. The lowest BCUT2D eigenvalue weighted by Crippen LogP contribution is -2.34. The fourth-order valence-electron chi connectivity index (χ4n) is 1.10. The molecule has 1 saturated heterocycles. The lowest BCUT2D eigenvalue weighted by atomic mass is 10.2. The quantitative estimate of drug-likeness (QED) is 0.405. The Hall–Kier alpha value is -0.940. The van der Waals surface area contributed by atoms with E-state index in [1.807, 2.05) is 0 Å². The molecule has 0 spiro atoms. The molecule has 0 aliphatic carbocycles. The summed E-state index contributed by atoms with van der Waals surface area (Å²) in [6, 6.07) is -0.375. The molecular weight excluding hydrogens is 162 g/mol. The molecule has 0 saturated carbocycles. The number of esters is 2. The Morgan fingerprint density at radius 1 is 1.58 bits per heavy atom. The summed E-state index contributed by atoms with van der Waals surface area (Å²) >= 11 is 0. The molecule has 2 N–H and O–H groups in total. The van der Waals surface area contributed by atoms with Crippen LogP contribution in [-0.4, -0.2) is 36.2 Å². The second kappa shape index (κ2) is 4.18. The summed E-state index contributed by atoms with van der Waals surface area (Å²) in [5.74, 6) is -1.49. The topological polar surface area (TPSA) is 75.6 Å². The van der Waals surface area contributed by atoms with E-state index in [1.54, 1.807) is 0 Å². The monoisotopic (exact) mass is 173 g/mol. The van der Waals surface area contributed by atoms with Crippen LogP contribution >= 0.6 is 0 Å². The number of nitrogens with one attached hydrogen (secondary N) is 1. The number of rotatable bonds is 2. The molecule has 0 unspecified atom stereocenters. The van der Waals surface area contributed by atoms with Crippen LogP contribution in [-0.2, 0) is 14.3 Å². The SMILES string of the molecule is O=C(CO)OC(=O)[C@@H]1CCCN1. The van der Waals surface area contributed by atoms with E-state index in [-0.39, 0.29) is 6.04 Å². The van der Waals surface area contributed by atoms with E-state index in [4.69, 9.17) is 5.11 Å². The average molecular weight is 173 g/mol. The average Bonchev–Trinajstić information content (AvgIpc) is 2.56. The van der Waals surface area contributed by atoms with Gasteiger partial charge in [0.15, 0.2) is 0 Å². The van der Waals surface area contributed by atoms with Crippen LogP contribution in [0.2, 0.25) is 0 Å². The first-order valence-electron chi connectivity index (χ1n) is 3.83. The van der Waals surface area contributed by atoms with Crippen molar-refractivity contribution in [3.8, 4) is 0 Å². The molecule has 1 atom stereocenters. The Morgan fingerprint density at radius 3 is 2.83 bits per heavy atom. The van der Waals surface area contributed by atoms with E-state index in [0.717, 1.165) is 13.0 Å². The van der Waals surface area contributed by atoms with Crippen molar-refractivity contribution < 1.29 is 19.4 Å². The van der Waals surface area contributed by atoms with Crippen LogP contribution in [0, 0.1) is 0 Å². The van der Waals surface area contributed by atoms with Crippen LogP contribution in [0.4, 0.5) is 0 Å². The molecule has 0 aromatic heterocycles. The molecule has 68 valence electrons. The van der Waals surface area contributed by atoms with Gasteiger partial charge in [-0.05, 0) is 19.4 Å². The molecule has 1 heterocycles. The molecule has 5 nitrogen and oxygen atoms in total. The minimum Gasteiger partial charge on any atom is -0.390 e. The summed E-state index contributed by atoms with van der Waals surface area (Å²) in [6.07, 6.45) is 1.60. The summed E-state index contributed by atoms with van der Waals surface area (Å²) in [5.41, 5.74) is 0. The van der Waals surface area contributed by atoms with E-state index in [2.05, 4.69) is 10.1 Å². The van der Waals surface area contributed by atoms with Gasteiger partial charge in [-0.2, -0.15) is 0 Å². The van der Waals surface area contributed by atoms with Gasteiger partial charge in [-0.1, -0.05) is 0 Å². The predicted molar refractivity (Wildman–Crippen MR) is 39.2 cm³/mol. The van der Waals surface area contributed by atoms with Gasteiger partial charge in [-0.15, -0.1) is 0 Å². The third-order valence-corrected chi connectivity index (χ3v) is 1.69. The molecule has 0 bridgehead atoms. The second-order valence-corrected chi connectivity index (χ2v) is 2.60. The van der Waals surface area contributed by atoms with E-state index in [1.165, 1.54) is 0 Å². The van der Waals surface area contributed by atoms with Crippen LogP contribution in [0.25, 0.3) is 0 Å². The first-order chi connectivity index (χ1) is 5.74. The molecule has 0 radical (unpaired) electrons. The van der Waals surface area contributed by atoms with Crippen molar-refractivity contribution in [1.29, 1.82) is 0 Å². The van der Waals surface area contributed by atoms with Gasteiger partial charge < -0.3 is 15.2 Å². The molecular formula is C7H11NO4. The highest BCUT2D eigenvalue weighted by Crippen LogP contribution is 2.06. The van der Waals surface area contributed by atoms with Crippen LogP contribution in [0.5, 0.6) is 0 Å². The summed E-state index contributed by atoms with van der Waals surface area (Å²) in [7, 11) is 0. The first kappa shape index (κ1) is 9.15. The minimum atomic E-state index is -0.895. The Bertz CT molecular complexity index is 186. The van der Waals surface area contributed by atoms with Gasteiger partial charge in [0.05, 0.1) is 0 Å². The second-order valence-electron chi connectivity index (χ2n) is 2.60. The predicted octanol–water partition coefficient (Wildman–Crippen LogP) is -1.20. The van der Waals surface area contributed by atoms with Crippen LogP contribution in [0.3, 0.4) is 0 Å². The van der Waals surface area contributed by atoms with Crippen molar-refractivity contribution in [3.63, 3.8) is 0 Å². The molecule has 0 aromatic rings. The van der Waals surface area contributed by atoms with Gasteiger partial charge in [0.1, 0.15) is 12.6 Å². The van der Waals surface area contributed by atoms with Crippen molar-refractivity contribution in [3.05, 3.63) is 0 Å². The number of aliphatic hydroxyl groups excluding tert-OH is 1. The standard InChI is InChI=1S/C7H11NO4/c9-4-6(10)12-7(11)5-2-1-3-8-5/h5,8-9H,1-4H2/t5-/m0/s1. The summed E-state index contributed by atoms with van der Waals surface area (Å²) in [4.78, 5) is 21.5. The largest absolute Gasteiger partial charge is 0.390 e. The highest BCUT2D eigenvalue weighted by molar-refractivity contribution is 5.88. The highest BCUT2D eigenvalue weighted by Gasteiger charge is 2.25. The zero-order valence-corrected chi connectivity index (χ0v) is 6.58. The normalized spacial score (nSPS) is 22.2. The number of carbonyl (C=O) groups excluding carboxylic acids is 2. The van der Waals surface area contributed by atoms with Crippen molar-refractivity contribution in [1.82, 2.24) is 5.32 Å². The van der Waals surface area contributed by atoms with Gasteiger partial charge in [0.25, 0.3) is 0 Å². The molecule has 12 heavy (non-hydrogen) atoms. The third kappa shape index (κ3) is 2.28. The number of carbonyl (C=O) groups is 2. The van der Waals surface area contributed by atoms with Crippen LogP contribution < -0.4 is 5.32 Å². The number of aliphatic hydroxyl groups is 1. The summed E-state index contributed by atoms with van der Waals surface area (Å²) < 4.78 is 4.29. The fourth-order valence-corrected chi connectivity index (χ4v) is 1.10. The smallest absolute Gasteiger partial charge is 0.339 e. The van der Waals surface area contributed by atoms with Gasteiger partial charge in [-0.3, -0.25) is 0 Å².